The van der Waals surface area contributed by atoms with E-state index in [-0.39, 0.29) is 39.2 Å². The second-order valence-corrected chi connectivity index (χ2v) is 2.25. The number of fused-ring (bicyclic) bond motifs is 1. The minimum atomic E-state index is 0. The molecular weight excluding hydrogens is 364 g/mol. The van der Waals surface area contributed by atoms with E-state index in [0.717, 1.165) is 5.75 Å². The van der Waals surface area contributed by atoms with Gasteiger partial charge in [-0.15, -0.1) is 0 Å². The third-order valence-electron chi connectivity index (χ3n) is 1.55. The molecule has 0 amide bonds. The predicted molar refractivity (Wildman–Crippen MR) is 41.0 cm³/mol. The average molecular weight is 372 g/mol. The molecule has 0 aliphatic carbocycles. The van der Waals surface area contributed by atoms with Crippen molar-refractivity contribution in [3.63, 3.8) is 0 Å². The van der Waals surface area contributed by atoms with Crippen LogP contribution in [0.25, 0.3) is 6.08 Å². The Morgan fingerprint density at radius 3 is 2.67 bits per heavy atom. The van der Waals surface area contributed by atoms with Crippen molar-refractivity contribution in [3.8, 4) is 5.75 Å². The Morgan fingerprint density at radius 2 is 1.92 bits per heavy atom. The summed E-state index contributed by atoms with van der Waals surface area (Å²) < 4.78 is 5.34. The first-order valence-electron chi connectivity index (χ1n) is 3.35. The zero-order valence-corrected chi connectivity index (χ0v) is 10.6. The van der Waals surface area contributed by atoms with Crippen LogP contribution in [0.2, 0.25) is 0 Å². The van der Waals surface area contributed by atoms with Gasteiger partial charge in [0.05, 0.1) is 0 Å². The first-order chi connectivity index (χ1) is 4.97. The molecule has 0 bridgehead atoms. The first kappa shape index (κ1) is 12.0. The SMILES string of the molecule is C1=Cc2ccccc2OC1.[Co].[Ta]. The topological polar surface area (TPSA) is 9.23 Å². The van der Waals surface area contributed by atoms with Crippen molar-refractivity contribution in [2.45, 2.75) is 0 Å². The molecule has 2 rings (SSSR count). The summed E-state index contributed by atoms with van der Waals surface area (Å²) in [4.78, 5) is 0. The van der Waals surface area contributed by atoms with E-state index in [2.05, 4.69) is 6.08 Å². The van der Waals surface area contributed by atoms with Gasteiger partial charge >= 0.3 is 0 Å². The van der Waals surface area contributed by atoms with E-state index in [1.807, 2.05) is 30.3 Å². The minimum absolute atomic E-state index is 0. The molecule has 3 heteroatoms. The maximum atomic E-state index is 5.34. The third-order valence-corrected chi connectivity index (χ3v) is 1.55. The third kappa shape index (κ3) is 2.50. The van der Waals surface area contributed by atoms with E-state index in [9.17, 15) is 0 Å². The number of rotatable bonds is 0. The van der Waals surface area contributed by atoms with Crippen molar-refractivity contribution >= 4 is 6.08 Å². The number of benzene rings is 1. The molecular formula is C9H8CoOTa. The molecule has 0 N–H and O–H groups in total. The summed E-state index contributed by atoms with van der Waals surface area (Å²) >= 11 is 0. The van der Waals surface area contributed by atoms with Gasteiger partial charge in [0.2, 0.25) is 0 Å². The summed E-state index contributed by atoms with van der Waals surface area (Å²) in [6, 6.07) is 8.03. The fourth-order valence-corrected chi connectivity index (χ4v) is 1.06. The van der Waals surface area contributed by atoms with Crippen LogP contribution in [-0.2, 0) is 39.2 Å². The van der Waals surface area contributed by atoms with Gasteiger partial charge in [0.1, 0.15) is 12.4 Å². The molecule has 64 valence electrons. The zero-order chi connectivity index (χ0) is 6.81. The van der Waals surface area contributed by atoms with Gasteiger partial charge in [-0.2, -0.15) is 0 Å². The van der Waals surface area contributed by atoms with E-state index in [1.165, 1.54) is 5.56 Å². The second kappa shape index (κ2) is 5.62. The van der Waals surface area contributed by atoms with E-state index in [1.54, 1.807) is 0 Å². The van der Waals surface area contributed by atoms with Crippen LogP contribution in [0.4, 0.5) is 0 Å². The number of hydrogen-bond donors (Lipinski definition) is 0. The predicted octanol–water partition coefficient (Wildman–Crippen LogP) is 2.09. The molecule has 1 aromatic carbocycles. The fraction of sp³-hybridized carbons (Fsp3) is 0.111. The number of hydrogen-bond acceptors (Lipinski definition) is 1. The van der Waals surface area contributed by atoms with Gasteiger partial charge in [-0.25, -0.2) is 0 Å². The molecule has 1 aliphatic heterocycles. The molecule has 1 aromatic rings. The molecule has 0 saturated heterocycles. The van der Waals surface area contributed by atoms with Crippen LogP contribution in [0.3, 0.4) is 0 Å². The molecule has 0 saturated carbocycles. The van der Waals surface area contributed by atoms with Crippen molar-refractivity contribution < 1.29 is 43.9 Å². The van der Waals surface area contributed by atoms with Gasteiger partial charge in [0, 0.05) is 44.7 Å². The maximum absolute atomic E-state index is 5.34. The summed E-state index contributed by atoms with van der Waals surface area (Å²) in [6.45, 7) is 0.705. The Morgan fingerprint density at radius 1 is 1.17 bits per heavy atom. The maximum Gasteiger partial charge on any atom is 0.126 e. The first-order valence-corrected chi connectivity index (χ1v) is 3.35. The van der Waals surface area contributed by atoms with Crippen LogP contribution in [0, 0.1) is 0 Å². The molecule has 0 atom stereocenters. The largest absolute Gasteiger partial charge is 0.489 e. The number of ether oxygens (including phenoxy) is 1. The van der Waals surface area contributed by atoms with Crippen LogP contribution < -0.4 is 4.74 Å². The zero-order valence-electron chi connectivity index (χ0n) is 6.36. The molecule has 0 unspecified atom stereocenters. The Balaban J connectivity index is 0.000000605. The van der Waals surface area contributed by atoms with Gasteiger partial charge in [0.25, 0.3) is 0 Å². The van der Waals surface area contributed by atoms with Crippen LogP contribution in [0.5, 0.6) is 5.75 Å². The Kier molecular flexibility index (Phi) is 5.62. The van der Waals surface area contributed by atoms with E-state index < -0.39 is 0 Å². The minimum Gasteiger partial charge on any atom is -0.489 e. The second-order valence-electron chi connectivity index (χ2n) is 2.25. The molecule has 0 fully saturated rings. The van der Waals surface area contributed by atoms with E-state index in [4.69, 9.17) is 4.74 Å². The normalized spacial score (nSPS) is 11.7. The van der Waals surface area contributed by atoms with Gasteiger partial charge < -0.3 is 4.74 Å². The van der Waals surface area contributed by atoms with Crippen LogP contribution in [0.1, 0.15) is 5.56 Å². The smallest absolute Gasteiger partial charge is 0.126 e. The quantitative estimate of drug-likeness (QED) is 0.678. The Hall–Kier alpha value is 0.00675. The summed E-state index contributed by atoms with van der Waals surface area (Å²) in [5.41, 5.74) is 1.17. The number of para-hydroxylation sites is 1. The summed E-state index contributed by atoms with van der Waals surface area (Å²) in [5, 5.41) is 0. The van der Waals surface area contributed by atoms with Gasteiger partial charge in [-0.05, 0) is 12.1 Å². The molecule has 1 heterocycles. The fourth-order valence-electron chi connectivity index (χ4n) is 1.06. The van der Waals surface area contributed by atoms with E-state index in [0.29, 0.717) is 6.61 Å². The monoisotopic (exact) mass is 372 g/mol. The van der Waals surface area contributed by atoms with Gasteiger partial charge in [-0.1, -0.05) is 24.3 Å². The molecule has 1 aliphatic rings. The van der Waals surface area contributed by atoms with Crippen molar-refractivity contribution in [1.29, 1.82) is 0 Å². The van der Waals surface area contributed by atoms with Crippen molar-refractivity contribution in [1.82, 2.24) is 0 Å². The van der Waals surface area contributed by atoms with Crippen molar-refractivity contribution in [2.24, 2.45) is 0 Å². The van der Waals surface area contributed by atoms with E-state index >= 15 is 0 Å². The standard InChI is InChI=1S/C9H8O.Co.Ta/c1-2-6-9-8(4-1)5-3-7-10-9;;/h1-6H,7H2;;. The van der Waals surface area contributed by atoms with Crippen LogP contribution >= 0.6 is 0 Å². The van der Waals surface area contributed by atoms with Crippen LogP contribution in [-0.4, -0.2) is 6.61 Å². The average Bonchev–Trinajstić information content (AvgIpc) is 2.05. The summed E-state index contributed by atoms with van der Waals surface area (Å²) in [7, 11) is 0. The summed E-state index contributed by atoms with van der Waals surface area (Å²) in [5.74, 6) is 0.991. The molecule has 0 aromatic heterocycles. The molecule has 0 spiro atoms. The van der Waals surface area contributed by atoms with Crippen molar-refractivity contribution in [3.05, 3.63) is 35.9 Å². The van der Waals surface area contributed by atoms with Gasteiger partial charge in [-0.3, -0.25) is 0 Å². The Bertz CT molecular complexity index is 273. The van der Waals surface area contributed by atoms with Crippen molar-refractivity contribution in [2.75, 3.05) is 6.61 Å². The molecule has 1 nitrogen and oxygen atoms in total. The molecule has 2 radical (unpaired) electrons. The van der Waals surface area contributed by atoms with Gasteiger partial charge in [0.15, 0.2) is 0 Å². The Labute approximate surface area is 97.9 Å². The molecule has 12 heavy (non-hydrogen) atoms. The van der Waals surface area contributed by atoms with Crippen LogP contribution in [0.15, 0.2) is 30.3 Å². The summed E-state index contributed by atoms with van der Waals surface area (Å²) in [6.07, 6.45) is 4.10.